The van der Waals surface area contributed by atoms with Crippen molar-refractivity contribution in [1.82, 2.24) is 10.3 Å². The molecule has 0 aliphatic carbocycles. The molecule has 0 amide bonds. The number of rotatable bonds is 6. The highest BCUT2D eigenvalue weighted by atomic mass is 32.1. The van der Waals surface area contributed by atoms with Crippen LogP contribution in [0.5, 0.6) is 0 Å². The van der Waals surface area contributed by atoms with Crippen LogP contribution in [0.3, 0.4) is 0 Å². The summed E-state index contributed by atoms with van der Waals surface area (Å²) in [6.07, 6.45) is 2.47. The Hall–Kier alpha value is -1.19. The maximum atomic E-state index is 4.63. The van der Waals surface area contributed by atoms with Gasteiger partial charge in [-0.25, -0.2) is 4.98 Å². The smallest absolute Gasteiger partial charge is 0.107 e. The van der Waals surface area contributed by atoms with E-state index in [2.05, 4.69) is 34.7 Å². The number of benzene rings is 1. The van der Waals surface area contributed by atoms with Gasteiger partial charge >= 0.3 is 0 Å². The normalized spacial score (nSPS) is 10.6. The van der Waals surface area contributed by atoms with Crippen LogP contribution in [0.4, 0.5) is 0 Å². The molecule has 1 N–H and O–H groups in total. The summed E-state index contributed by atoms with van der Waals surface area (Å²) >= 11 is 1.73. The molecule has 0 unspecified atom stereocenters. The van der Waals surface area contributed by atoms with E-state index in [1.54, 1.807) is 11.3 Å². The first-order chi connectivity index (χ1) is 8.40. The van der Waals surface area contributed by atoms with Crippen molar-refractivity contribution in [2.75, 3.05) is 6.54 Å². The summed E-state index contributed by atoms with van der Waals surface area (Å²) in [5.41, 5.74) is 2.28. The SMILES string of the molecule is CCCCNCc1nc(-c2ccccc2)cs1. The average molecular weight is 246 g/mol. The van der Waals surface area contributed by atoms with Crippen molar-refractivity contribution in [1.29, 1.82) is 0 Å². The van der Waals surface area contributed by atoms with Crippen molar-refractivity contribution in [2.45, 2.75) is 26.3 Å². The van der Waals surface area contributed by atoms with Crippen molar-refractivity contribution in [3.63, 3.8) is 0 Å². The molecule has 0 saturated carbocycles. The van der Waals surface area contributed by atoms with Crippen molar-refractivity contribution < 1.29 is 0 Å². The van der Waals surface area contributed by atoms with Gasteiger partial charge in [-0.05, 0) is 13.0 Å². The van der Waals surface area contributed by atoms with E-state index in [4.69, 9.17) is 0 Å². The van der Waals surface area contributed by atoms with Crippen LogP contribution in [-0.2, 0) is 6.54 Å². The Labute approximate surface area is 107 Å². The second-order valence-corrected chi connectivity index (χ2v) is 4.97. The van der Waals surface area contributed by atoms with E-state index in [0.29, 0.717) is 0 Å². The quantitative estimate of drug-likeness (QED) is 0.786. The zero-order valence-electron chi connectivity index (χ0n) is 10.1. The predicted molar refractivity (Wildman–Crippen MR) is 74.2 cm³/mol. The summed E-state index contributed by atoms with van der Waals surface area (Å²) < 4.78 is 0. The Morgan fingerprint density at radius 1 is 1.24 bits per heavy atom. The number of nitrogens with one attached hydrogen (secondary N) is 1. The lowest BCUT2D eigenvalue weighted by Gasteiger charge is -1.99. The zero-order valence-corrected chi connectivity index (χ0v) is 11.0. The number of hydrogen-bond donors (Lipinski definition) is 1. The first-order valence-corrected chi connectivity index (χ1v) is 6.98. The van der Waals surface area contributed by atoms with Crippen LogP contribution in [0.1, 0.15) is 24.8 Å². The van der Waals surface area contributed by atoms with E-state index in [0.717, 1.165) is 18.8 Å². The molecular formula is C14H18N2S. The predicted octanol–water partition coefficient (Wildman–Crippen LogP) is 3.70. The number of nitrogens with zero attached hydrogens (tertiary/aromatic N) is 1. The fourth-order valence-electron chi connectivity index (χ4n) is 1.63. The molecule has 1 heterocycles. The molecule has 90 valence electrons. The van der Waals surface area contributed by atoms with Crippen molar-refractivity contribution in [2.24, 2.45) is 0 Å². The molecule has 0 saturated heterocycles. The lowest BCUT2D eigenvalue weighted by atomic mass is 10.2. The van der Waals surface area contributed by atoms with Gasteiger partial charge in [-0.1, -0.05) is 43.7 Å². The van der Waals surface area contributed by atoms with Crippen LogP contribution in [0, 0.1) is 0 Å². The van der Waals surface area contributed by atoms with Gasteiger partial charge in [-0.15, -0.1) is 11.3 Å². The van der Waals surface area contributed by atoms with Gasteiger partial charge in [0.15, 0.2) is 0 Å². The molecule has 0 radical (unpaired) electrons. The minimum absolute atomic E-state index is 0.886. The Kier molecular flexibility index (Phi) is 4.71. The molecule has 2 nitrogen and oxygen atoms in total. The monoisotopic (exact) mass is 246 g/mol. The summed E-state index contributed by atoms with van der Waals surface area (Å²) in [7, 11) is 0. The van der Waals surface area contributed by atoms with Crippen LogP contribution >= 0.6 is 11.3 Å². The third-order valence-corrected chi connectivity index (χ3v) is 3.45. The van der Waals surface area contributed by atoms with E-state index in [9.17, 15) is 0 Å². The minimum atomic E-state index is 0.886. The molecule has 2 aromatic rings. The molecular weight excluding hydrogens is 228 g/mol. The van der Waals surface area contributed by atoms with Crippen molar-refractivity contribution in [3.8, 4) is 11.3 Å². The summed E-state index contributed by atoms with van der Waals surface area (Å²) in [5, 5.41) is 6.71. The van der Waals surface area contributed by atoms with E-state index in [1.165, 1.54) is 23.4 Å². The maximum Gasteiger partial charge on any atom is 0.107 e. The van der Waals surface area contributed by atoms with Gasteiger partial charge in [-0.2, -0.15) is 0 Å². The van der Waals surface area contributed by atoms with Crippen LogP contribution in [0.2, 0.25) is 0 Å². The lowest BCUT2D eigenvalue weighted by molar-refractivity contribution is 0.640. The highest BCUT2D eigenvalue weighted by Gasteiger charge is 2.03. The second kappa shape index (κ2) is 6.52. The molecule has 0 bridgehead atoms. The molecule has 0 spiro atoms. The lowest BCUT2D eigenvalue weighted by Crippen LogP contribution is -2.14. The number of unbranched alkanes of at least 4 members (excludes halogenated alkanes) is 1. The molecule has 0 fully saturated rings. The van der Waals surface area contributed by atoms with Gasteiger partial charge in [0.25, 0.3) is 0 Å². The topological polar surface area (TPSA) is 24.9 Å². The summed E-state index contributed by atoms with van der Waals surface area (Å²) in [5.74, 6) is 0. The van der Waals surface area contributed by atoms with Gasteiger partial charge in [0.2, 0.25) is 0 Å². The molecule has 2 rings (SSSR count). The van der Waals surface area contributed by atoms with Crippen LogP contribution < -0.4 is 5.32 Å². The third kappa shape index (κ3) is 3.65. The standard InChI is InChI=1S/C14H18N2S/c1-2-3-9-15-10-14-16-13(11-17-14)12-7-5-4-6-8-12/h4-8,11,15H,2-3,9-10H2,1H3. The van der Waals surface area contributed by atoms with Gasteiger partial charge < -0.3 is 5.32 Å². The number of thiazole rings is 1. The third-order valence-electron chi connectivity index (χ3n) is 2.60. The largest absolute Gasteiger partial charge is 0.310 e. The highest BCUT2D eigenvalue weighted by molar-refractivity contribution is 7.09. The highest BCUT2D eigenvalue weighted by Crippen LogP contribution is 2.21. The molecule has 1 aromatic carbocycles. The van der Waals surface area contributed by atoms with E-state index in [1.807, 2.05) is 18.2 Å². The van der Waals surface area contributed by atoms with E-state index >= 15 is 0 Å². The number of hydrogen-bond acceptors (Lipinski definition) is 3. The first-order valence-electron chi connectivity index (χ1n) is 6.10. The van der Waals surface area contributed by atoms with Gasteiger partial charge in [0, 0.05) is 17.5 Å². The molecule has 0 aliphatic rings. The minimum Gasteiger partial charge on any atom is -0.310 e. The van der Waals surface area contributed by atoms with Gasteiger partial charge in [0.1, 0.15) is 5.01 Å². The van der Waals surface area contributed by atoms with Crippen LogP contribution in [-0.4, -0.2) is 11.5 Å². The molecule has 3 heteroatoms. The Morgan fingerprint density at radius 3 is 2.82 bits per heavy atom. The van der Waals surface area contributed by atoms with Crippen molar-refractivity contribution >= 4 is 11.3 Å². The maximum absolute atomic E-state index is 4.63. The van der Waals surface area contributed by atoms with Gasteiger partial charge in [0.05, 0.1) is 5.69 Å². The van der Waals surface area contributed by atoms with Crippen LogP contribution in [0.25, 0.3) is 11.3 Å². The summed E-state index contributed by atoms with van der Waals surface area (Å²) in [6.45, 7) is 4.17. The fraction of sp³-hybridized carbons (Fsp3) is 0.357. The second-order valence-electron chi connectivity index (χ2n) is 4.02. The van der Waals surface area contributed by atoms with Crippen molar-refractivity contribution in [3.05, 3.63) is 40.7 Å². The first kappa shape index (κ1) is 12.3. The molecule has 0 aliphatic heterocycles. The zero-order chi connectivity index (χ0) is 11.9. The Morgan fingerprint density at radius 2 is 2.06 bits per heavy atom. The summed E-state index contributed by atoms with van der Waals surface area (Å²) in [6, 6.07) is 10.3. The fourth-order valence-corrected chi connectivity index (χ4v) is 2.40. The summed E-state index contributed by atoms with van der Waals surface area (Å²) in [4.78, 5) is 4.63. The Balaban J connectivity index is 1.92. The molecule has 0 atom stereocenters. The molecule has 1 aromatic heterocycles. The number of aromatic nitrogens is 1. The van der Waals surface area contributed by atoms with E-state index in [-0.39, 0.29) is 0 Å². The van der Waals surface area contributed by atoms with E-state index < -0.39 is 0 Å². The Bertz CT molecular complexity index is 436. The van der Waals surface area contributed by atoms with Gasteiger partial charge in [-0.3, -0.25) is 0 Å². The molecule has 17 heavy (non-hydrogen) atoms. The average Bonchev–Trinajstić information content (AvgIpc) is 2.85. The van der Waals surface area contributed by atoms with Crippen LogP contribution in [0.15, 0.2) is 35.7 Å².